The maximum atomic E-state index is 11.5. The van der Waals surface area contributed by atoms with Crippen LogP contribution in [0.25, 0.3) is 0 Å². The molecule has 1 fully saturated rings. The molecule has 1 aromatic rings. The van der Waals surface area contributed by atoms with Gasteiger partial charge in [-0.2, -0.15) is 0 Å². The second kappa shape index (κ2) is 7.09. The highest BCUT2D eigenvalue weighted by Gasteiger charge is 2.27. The number of carbonyl (C=O) groups excluding carboxylic acids is 1. The van der Waals surface area contributed by atoms with Crippen molar-refractivity contribution >= 4 is 5.97 Å². The first-order chi connectivity index (χ1) is 10.0. The smallest absolute Gasteiger partial charge is 0.341 e. The summed E-state index contributed by atoms with van der Waals surface area (Å²) in [7, 11) is 1.36. The average Bonchev–Trinajstić information content (AvgIpc) is 2.68. The minimum absolute atomic E-state index is 0.384. The highest BCUT2D eigenvalue weighted by Crippen LogP contribution is 2.26. The summed E-state index contributed by atoms with van der Waals surface area (Å²) in [6.45, 7) is 2.80. The number of rotatable bonds is 5. The Balaban J connectivity index is 1.87. The van der Waals surface area contributed by atoms with Crippen LogP contribution in [0.15, 0.2) is 10.5 Å². The zero-order valence-corrected chi connectivity index (χ0v) is 12.9. The van der Waals surface area contributed by atoms with Gasteiger partial charge in [-0.3, -0.25) is 0 Å². The molecule has 0 spiro atoms. The molecule has 1 aliphatic rings. The Morgan fingerprint density at radius 3 is 2.67 bits per heavy atom. The fraction of sp³-hybridized carbons (Fsp3) is 0.688. The van der Waals surface area contributed by atoms with Gasteiger partial charge in [-0.1, -0.05) is 25.7 Å². The molecule has 0 unspecified atom stereocenters. The van der Waals surface area contributed by atoms with E-state index in [1.807, 2.05) is 0 Å². The molecule has 1 aliphatic carbocycles. The van der Waals surface area contributed by atoms with Crippen LogP contribution in [0, 0.1) is 6.92 Å². The molecule has 1 aromatic heterocycles. The van der Waals surface area contributed by atoms with Gasteiger partial charge in [-0.25, -0.2) is 4.79 Å². The maximum Gasteiger partial charge on any atom is 0.341 e. The van der Waals surface area contributed by atoms with Gasteiger partial charge in [0.2, 0.25) is 0 Å². The quantitative estimate of drug-likeness (QED) is 0.645. The van der Waals surface area contributed by atoms with Crippen molar-refractivity contribution in [2.24, 2.45) is 0 Å². The molecule has 2 N–H and O–H groups in total. The Labute approximate surface area is 125 Å². The third kappa shape index (κ3) is 4.32. The summed E-state index contributed by atoms with van der Waals surface area (Å²) in [5.74, 6) is 0.863. The van der Waals surface area contributed by atoms with Crippen LogP contribution in [0.3, 0.4) is 0 Å². The zero-order valence-electron chi connectivity index (χ0n) is 12.9. The van der Waals surface area contributed by atoms with Gasteiger partial charge in [-0.05, 0) is 25.8 Å². The van der Waals surface area contributed by atoms with Gasteiger partial charge in [0.15, 0.2) is 0 Å². The second-order valence-corrected chi connectivity index (χ2v) is 5.92. The van der Waals surface area contributed by atoms with Gasteiger partial charge in [-0.15, -0.1) is 0 Å². The van der Waals surface area contributed by atoms with Gasteiger partial charge >= 0.3 is 5.97 Å². The van der Waals surface area contributed by atoms with Gasteiger partial charge in [0, 0.05) is 6.54 Å². The number of aryl methyl sites for hydroxylation is 1. The molecule has 5 nitrogen and oxygen atoms in total. The predicted octanol–water partition coefficient (Wildman–Crippen LogP) is 2.55. The van der Waals surface area contributed by atoms with Crippen molar-refractivity contribution in [3.8, 4) is 0 Å². The van der Waals surface area contributed by atoms with E-state index in [0.717, 1.165) is 25.7 Å². The van der Waals surface area contributed by atoms with E-state index in [-0.39, 0.29) is 5.97 Å². The van der Waals surface area contributed by atoms with Crippen molar-refractivity contribution in [1.82, 2.24) is 5.32 Å². The van der Waals surface area contributed by atoms with Crippen molar-refractivity contribution < 1.29 is 19.1 Å². The summed E-state index contributed by atoms with van der Waals surface area (Å²) in [4.78, 5) is 11.5. The summed E-state index contributed by atoms with van der Waals surface area (Å²) in [5.41, 5.74) is -0.147. The molecule has 0 amide bonds. The second-order valence-electron chi connectivity index (χ2n) is 5.92. The number of methoxy groups -OCH3 is 1. The molecule has 1 heterocycles. The summed E-state index contributed by atoms with van der Waals surface area (Å²) in [6.07, 6.45) is 6.30. The molecule has 21 heavy (non-hydrogen) atoms. The van der Waals surface area contributed by atoms with Crippen LogP contribution in [-0.4, -0.2) is 30.3 Å². The molecule has 1 saturated carbocycles. The van der Waals surface area contributed by atoms with E-state index in [2.05, 4.69) is 5.32 Å². The van der Waals surface area contributed by atoms with Crippen LogP contribution in [0.2, 0.25) is 0 Å². The highest BCUT2D eigenvalue weighted by molar-refractivity contribution is 5.90. The number of esters is 1. The molecule has 118 valence electrons. The van der Waals surface area contributed by atoms with Gasteiger partial charge in [0.1, 0.15) is 17.1 Å². The fourth-order valence-corrected chi connectivity index (χ4v) is 2.93. The lowest BCUT2D eigenvalue weighted by atomic mass is 9.94. The monoisotopic (exact) mass is 295 g/mol. The van der Waals surface area contributed by atoms with Crippen molar-refractivity contribution in [3.05, 3.63) is 23.2 Å². The summed E-state index contributed by atoms with van der Waals surface area (Å²) in [6, 6.07) is 1.70. The summed E-state index contributed by atoms with van der Waals surface area (Å²) < 4.78 is 10.2. The van der Waals surface area contributed by atoms with E-state index in [1.54, 1.807) is 13.0 Å². The first-order valence-electron chi connectivity index (χ1n) is 7.65. The van der Waals surface area contributed by atoms with E-state index in [9.17, 15) is 9.90 Å². The molecule has 0 saturated heterocycles. The van der Waals surface area contributed by atoms with Crippen molar-refractivity contribution in [3.63, 3.8) is 0 Å². The molecule has 0 radical (unpaired) electrons. The topological polar surface area (TPSA) is 71.7 Å². The third-order valence-corrected chi connectivity index (χ3v) is 4.16. The van der Waals surface area contributed by atoms with Crippen molar-refractivity contribution in [2.45, 2.75) is 57.6 Å². The lowest BCUT2D eigenvalue weighted by Gasteiger charge is -2.26. The lowest BCUT2D eigenvalue weighted by molar-refractivity contribution is 0.0247. The van der Waals surface area contributed by atoms with Crippen molar-refractivity contribution in [1.29, 1.82) is 0 Å². The largest absolute Gasteiger partial charge is 0.465 e. The summed E-state index contributed by atoms with van der Waals surface area (Å²) in [5, 5.41) is 13.8. The van der Waals surface area contributed by atoms with Gasteiger partial charge in [0.05, 0.1) is 19.3 Å². The van der Waals surface area contributed by atoms with Crippen LogP contribution >= 0.6 is 0 Å². The van der Waals surface area contributed by atoms with Crippen LogP contribution in [0.4, 0.5) is 0 Å². The maximum absolute atomic E-state index is 11.5. The van der Waals surface area contributed by atoms with Crippen LogP contribution in [0.5, 0.6) is 0 Å². The number of aliphatic hydroxyl groups is 1. The minimum Gasteiger partial charge on any atom is -0.465 e. The standard InChI is InChI=1S/C16H25NO4/c1-12-14(15(18)20-2)9-13(21-12)10-17-11-16(19)7-5-3-4-6-8-16/h9,17,19H,3-8,10-11H2,1-2H3. The highest BCUT2D eigenvalue weighted by atomic mass is 16.5. The van der Waals surface area contributed by atoms with E-state index in [4.69, 9.17) is 9.15 Å². The van der Waals surface area contributed by atoms with Crippen LogP contribution < -0.4 is 5.32 Å². The molecule has 0 atom stereocenters. The molecule has 0 aromatic carbocycles. The minimum atomic E-state index is -0.608. The molecular weight excluding hydrogens is 270 g/mol. The normalized spacial score (nSPS) is 18.2. The third-order valence-electron chi connectivity index (χ3n) is 4.16. The van der Waals surface area contributed by atoms with Gasteiger partial charge in [0.25, 0.3) is 0 Å². The lowest BCUT2D eigenvalue weighted by Crippen LogP contribution is -2.39. The molecular formula is C16H25NO4. The first kappa shape index (κ1) is 16.0. The van der Waals surface area contributed by atoms with Crippen LogP contribution in [0.1, 0.15) is 60.4 Å². The zero-order chi connectivity index (χ0) is 15.3. The Hall–Kier alpha value is -1.33. The number of ether oxygens (including phenoxy) is 1. The predicted molar refractivity (Wildman–Crippen MR) is 79.1 cm³/mol. The molecule has 2 rings (SSSR count). The first-order valence-corrected chi connectivity index (χ1v) is 7.65. The average molecular weight is 295 g/mol. The van der Waals surface area contributed by atoms with E-state index < -0.39 is 5.60 Å². The molecule has 0 aliphatic heterocycles. The number of nitrogens with one attached hydrogen (secondary N) is 1. The SMILES string of the molecule is COC(=O)c1cc(CNCC2(O)CCCCCC2)oc1C. The number of furan rings is 1. The van der Waals surface area contributed by atoms with Crippen molar-refractivity contribution in [2.75, 3.05) is 13.7 Å². The molecule has 5 heteroatoms. The Morgan fingerprint density at radius 1 is 1.38 bits per heavy atom. The Morgan fingerprint density at radius 2 is 2.05 bits per heavy atom. The van der Waals surface area contributed by atoms with E-state index >= 15 is 0 Å². The number of carbonyl (C=O) groups is 1. The number of hydrogen-bond donors (Lipinski definition) is 2. The van der Waals surface area contributed by atoms with E-state index in [0.29, 0.717) is 30.2 Å². The van der Waals surface area contributed by atoms with Crippen LogP contribution in [-0.2, 0) is 11.3 Å². The Kier molecular flexibility index (Phi) is 5.42. The number of hydrogen-bond acceptors (Lipinski definition) is 5. The van der Waals surface area contributed by atoms with Gasteiger partial charge < -0.3 is 19.6 Å². The van der Waals surface area contributed by atoms with E-state index in [1.165, 1.54) is 20.0 Å². The summed E-state index contributed by atoms with van der Waals surface area (Å²) >= 11 is 0. The Bertz CT molecular complexity index is 473. The molecule has 0 bridgehead atoms. The fourth-order valence-electron chi connectivity index (χ4n) is 2.93.